The van der Waals surface area contributed by atoms with Crippen LogP contribution in [0, 0.1) is 0 Å². The summed E-state index contributed by atoms with van der Waals surface area (Å²) < 4.78 is 32.4. The first-order valence-corrected chi connectivity index (χ1v) is 12.6. The van der Waals surface area contributed by atoms with Crippen LogP contribution in [0.25, 0.3) is 10.9 Å². The van der Waals surface area contributed by atoms with E-state index < -0.39 is 28.5 Å². The van der Waals surface area contributed by atoms with Crippen molar-refractivity contribution in [2.45, 2.75) is 37.1 Å². The molecular formula is C24H26N4O6S. The topological polar surface area (TPSA) is 128 Å². The molecule has 11 heteroatoms. The highest BCUT2D eigenvalue weighted by atomic mass is 32.2. The number of benzene rings is 2. The zero-order chi connectivity index (χ0) is 25.2. The summed E-state index contributed by atoms with van der Waals surface area (Å²) in [5, 5.41) is 2.95. The summed E-state index contributed by atoms with van der Waals surface area (Å²) in [4.78, 5) is 42.3. The molecular weight excluding hydrogens is 472 g/mol. The highest BCUT2D eigenvalue weighted by Crippen LogP contribution is 2.19. The van der Waals surface area contributed by atoms with Crippen molar-refractivity contribution < 1.29 is 22.7 Å². The number of nitrogens with one attached hydrogen (secondary N) is 1. The third-order valence-corrected chi connectivity index (χ3v) is 7.59. The summed E-state index contributed by atoms with van der Waals surface area (Å²) in [6.07, 6.45) is 3.63. The normalized spacial score (nSPS) is 13.8. The largest absolute Gasteiger partial charge is 0.452 e. The van der Waals surface area contributed by atoms with Gasteiger partial charge >= 0.3 is 5.97 Å². The molecule has 0 atom stereocenters. The van der Waals surface area contributed by atoms with Gasteiger partial charge in [0.2, 0.25) is 10.0 Å². The molecule has 0 bridgehead atoms. The van der Waals surface area contributed by atoms with E-state index in [-0.39, 0.29) is 21.7 Å². The van der Waals surface area contributed by atoms with Crippen molar-refractivity contribution in [3.05, 3.63) is 64.2 Å². The summed E-state index contributed by atoms with van der Waals surface area (Å²) >= 11 is 0. The summed E-state index contributed by atoms with van der Waals surface area (Å²) in [6, 6.07) is 10.3. The number of nitrogens with zero attached hydrogens (tertiary/aromatic N) is 3. The molecule has 1 N–H and O–H groups in total. The number of hydrogen-bond donors (Lipinski definition) is 1. The molecule has 0 aliphatic carbocycles. The van der Waals surface area contributed by atoms with Gasteiger partial charge in [-0.15, -0.1) is 0 Å². The SMILES string of the molecule is CN(C)S(=O)(=O)c1cccc(NC(=O)COC(=O)c2ccc3c(=O)n4c(nc3c2)CCCCC4)c1. The first kappa shape index (κ1) is 24.6. The molecule has 1 aliphatic heterocycles. The van der Waals surface area contributed by atoms with Crippen LogP contribution in [0.1, 0.15) is 35.4 Å². The monoisotopic (exact) mass is 498 g/mol. The van der Waals surface area contributed by atoms with Crippen molar-refractivity contribution in [2.24, 2.45) is 0 Å². The Bertz CT molecular complexity index is 1460. The summed E-state index contributed by atoms with van der Waals surface area (Å²) in [5.74, 6) is -0.647. The average molecular weight is 499 g/mol. The molecule has 184 valence electrons. The molecule has 0 radical (unpaired) electrons. The molecule has 35 heavy (non-hydrogen) atoms. The Kier molecular flexibility index (Phi) is 6.99. The lowest BCUT2D eigenvalue weighted by Crippen LogP contribution is -2.25. The molecule has 10 nitrogen and oxygen atoms in total. The van der Waals surface area contributed by atoms with E-state index in [4.69, 9.17) is 4.74 Å². The Morgan fingerprint density at radius 3 is 2.69 bits per heavy atom. The quantitative estimate of drug-likeness (QED) is 0.516. The van der Waals surface area contributed by atoms with E-state index in [1.807, 2.05) is 0 Å². The van der Waals surface area contributed by atoms with Gasteiger partial charge in [-0.2, -0.15) is 0 Å². The van der Waals surface area contributed by atoms with Crippen LogP contribution in [0.15, 0.2) is 52.2 Å². The molecule has 1 aliphatic rings. The van der Waals surface area contributed by atoms with Gasteiger partial charge in [-0.25, -0.2) is 22.5 Å². The Morgan fingerprint density at radius 2 is 1.91 bits per heavy atom. The summed E-state index contributed by atoms with van der Waals surface area (Å²) in [5.41, 5.74) is 0.727. The van der Waals surface area contributed by atoms with Gasteiger partial charge in [-0.1, -0.05) is 12.5 Å². The molecule has 3 aromatic rings. The Hall–Kier alpha value is -3.57. The molecule has 4 rings (SSSR count). The van der Waals surface area contributed by atoms with Crippen LogP contribution in [-0.2, 0) is 32.5 Å². The third kappa shape index (κ3) is 5.25. The second-order valence-corrected chi connectivity index (χ2v) is 10.6. The van der Waals surface area contributed by atoms with Crippen molar-refractivity contribution >= 4 is 38.5 Å². The van der Waals surface area contributed by atoms with E-state index in [2.05, 4.69) is 10.3 Å². The Morgan fingerprint density at radius 1 is 1.11 bits per heavy atom. The Balaban J connectivity index is 1.44. The smallest absolute Gasteiger partial charge is 0.338 e. The van der Waals surface area contributed by atoms with Crippen molar-refractivity contribution in [3.8, 4) is 0 Å². The van der Waals surface area contributed by atoms with Gasteiger partial charge in [0.05, 0.1) is 21.4 Å². The lowest BCUT2D eigenvalue weighted by molar-refractivity contribution is -0.119. The third-order valence-electron chi connectivity index (χ3n) is 5.78. The minimum absolute atomic E-state index is 0.0229. The van der Waals surface area contributed by atoms with Gasteiger partial charge in [-0.05, 0) is 49.2 Å². The number of fused-ring (bicyclic) bond motifs is 2. The molecule has 2 heterocycles. The number of sulfonamides is 1. The number of anilines is 1. The minimum Gasteiger partial charge on any atom is -0.452 e. The molecule has 0 saturated carbocycles. The minimum atomic E-state index is -3.66. The summed E-state index contributed by atoms with van der Waals surface area (Å²) in [6.45, 7) is 0.0712. The van der Waals surface area contributed by atoms with Crippen LogP contribution in [0.3, 0.4) is 0 Å². The second-order valence-electron chi connectivity index (χ2n) is 8.47. The lowest BCUT2D eigenvalue weighted by Gasteiger charge is -2.13. The number of aryl methyl sites for hydroxylation is 1. The van der Waals surface area contributed by atoms with Crippen LogP contribution in [-0.4, -0.2) is 54.9 Å². The molecule has 1 amide bonds. The van der Waals surface area contributed by atoms with Crippen molar-refractivity contribution in [3.63, 3.8) is 0 Å². The van der Waals surface area contributed by atoms with Gasteiger partial charge in [0, 0.05) is 32.7 Å². The van der Waals surface area contributed by atoms with Crippen molar-refractivity contribution in [1.29, 1.82) is 0 Å². The van der Waals surface area contributed by atoms with Gasteiger partial charge in [0.25, 0.3) is 11.5 Å². The number of ether oxygens (including phenoxy) is 1. The van der Waals surface area contributed by atoms with Gasteiger partial charge in [0.1, 0.15) is 5.82 Å². The maximum absolute atomic E-state index is 12.8. The number of carbonyl (C=O) groups excluding carboxylic acids is 2. The standard InChI is InChI=1S/C24H26N4O6S/c1-27(2)35(32,33)18-8-6-7-17(14-18)25-22(29)15-34-24(31)16-10-11-19-20(13-16)26-21-9-4-3-5-12-28(21)23(19)30/h6-8,10-11,13-14H,3-5,9,12,15H2,1-2H3,(H,25,29). The fourth-order valence-corrected chi connectivity index (χ4v) is 4.85. The summed E-state index contributed by atoms with van der Waals surface area (Å²) in [7, 11) is -0.835. The lowest BCUT2D eigenvalue weighted by atomic mass is 10.1. The number of rotatable bonds is 6. The molecule has 0 spiro atoms. The Labute approximate surface area is 202 Å². The number of aromatic nitrogens is 2. The maximum atomic E-state index is 12.8. The highest BCUT2D eigenvalue weighted by Gasteiger charge is 2.19. The molecule has 2 aromatic carbocycles. The first-order chi connectivity index (χ1) is 16.7. The van der Waals surface area contributed by atoms with Gasteiger partial charge in [-0.3, -0.25) is 14.2 Å². The van der Waals surface area contributed by atoms with E-state index in [1.165, 1.54) is 50.5 Å². The van der Waals surface area contributed by atoms with E-state index in [1.54, 1.807) is 10.6 Å². The fourth-order valence-electron chi connectivity index (χ4n) is 3.90. The van der Waals surface area contributed by atoms with Crippen LogP contribution >= 0.6 is 0 Å². The molecule has 0 unspecified atom stereocenters. The number of hydrogen-bond acceptors (Lipinski definition) is 7. The zero-order valence-electron chi connectivity index (χ0n) is 19.5. The predicted molar refractivity (Wildman–Crippen MR) is 130 cm³/mol. The van der Waals surface area contributed by atoms with E-state index in [9.17, 15) is 22.8 Å². The number of amides is 1. The van der Waals surface area contributed by atoms with Crippen LogP contribution in [0.4, 0.5) is 5.69 Å². The molecule has 0 fully saturated rings. The van der Waals surface area contributed by atoms with Crippen LogP contribution in [0.2, 0.25) is 0 Å². The number of esters is 1. The van der Waals surface area contributed by atoms with Crippen molar-refractivity contribution in [2.75, 3.05) is 26.0 Å². The van der Waals surface area contributed by atoms with Gasteiger partial charge in [0.15, 0.2) is 6.61 Å². The predicted octanol–water partition coefficient (Wildman–Crippen LogP) is 2.17. The zero-order valence-corrected chi connectivity index (χ0v) is 20.3. The second kappa shape index (κ2) is 9.96. The first-order valence-electron chi connectivity index (χ1n) is 11.2. The number of carbonyl (C=O) groups is 2. The van der Waals surface area contributed by atoms with E-state index in [0.29, 0.717) is 29.7 Å². The van der Waals surface area contributed by atoms with Crippen molar-refractivity contribution in [1.82, 2.24) is 13.9 Å². The maximum Gasteiger partial charge on any atom is 0.338 e. The fraction of sp³-hybridized carbons (Fsp3) is 0.333. The van der Waals surface area contributed by atoms with E-state index >= 15 is 0 Å². The van der Waals surface area contributed by atoms with Crippen LogP contribution < -0.4 is 10.9 Å². The highest BCUT2D eigenvalue weighted by molar-refractivity contribution is 7.89. The van der Waals surface area contributed by atoms with Gasteiger partial charge < -0.3 is 10.1 Å². The molecule has 0 saturated heterocycles. The average Bonchev–Trinajstić information content (AvgIpc) is 3.08. The van der Waals surface area contributed by atoms with Crippen LogP contribution in [0.5, 0.6) is 0 Å². The van der Waals surface area contributed by atoms with E-state index in [0.717, 1.165) is 23.6 Å². The molecule has 1 aromatic heterocycles.